The van der Waals surface area contributed by atoms with E-state index in [1.165, 1.54) is 24.2 Å². The number of nitrogen functional groups attached to an aromatic ring is 1. The molecule has 2 aromatic rings. The molecule has 7 nitrogen and oxygen atoms in total. The third kappa shape index (κ3) is 2.03. The van der Waals surface area contributed by atoms with Gasteiger partial charge in [0.25, 0.3) is 0 Å². The Balaban J connectivity index is 1.90. The molecule has 8 heteroatoms. The molecule has 1 aliphatic rings. The summed E-state index contributed by atoms with van der Waals surface area (Å²) >= 11 is 1.25. The topological polar surface area (TPSA) is 102 Å². The van der Waals surface area contributed by atoms with Gasteiger partial charge in [0.2, 0.25) is 0 Å². The average Bonchev–Trinajstić information content (AvgIpc) is 3.08. The summed E-state index contributed by atoms with van der Waals surface area (Å²) in [5, 5.41) is 7.55. The lowest BCUT2D eigenvalue weighted by Gasteiger charge is -2.01. The van der Waals surface area contributed by atoms with Crippen molar-refractivity contribution in [1.82, 2.24) is 24.7 Å². The molecule has 0 aromatic carbocycles. The fourth-order valence-electron chi connectivity index (χ4n) is 1.48. The first-order chi connectivity index (χ1) is 8.24. The lowest BCUT2D eigenvalue weighted by Crippen LogP contribution is -2.16. The van der Waals surface area contributed by atoms with E-state index in [9.17, 15) is 4.79 Å². The molecule has 2 aromatic heterocycles. The average molecular weight is 250 g/mol. The number of anilines is 1. The van der Waals surface area contributed by atoms with E-state index in [1.807, 2.05) is 0 Å². The first-order valence-electron chi connectivity index (χ1n) is 5.16. The normalized spacial score (nSPS) is 15.1. The van der Waals surface area contributed by atoms with Crippen LogP contribution in [0.4, 0.5) is 5.69 Å². The van der Waals surface area contributed by atoms with Crippen LogP contribution in [0.15, 0.2) is 27.5 Å². The summed E-state index contributed by atoms with van der Waals surface area (Å²) in [6.07, 6.45) is 5.11. The smallest absolute Gasteiger partial charge is 0.344 e. The molecule has 0 spiro atoms. The zero-order chi connectivity index (χ0) is 11.8. The molecule has 2 heterocycles. The van der Waals surface area contributed by atoms with E-state index in [2.05, 4.69) is 20.2 Å². The molecule has 17 heavy (non-hydrogen) atoms. The van der Waals surface area contributed by atoms with Crippen LogP contribution >= 0.6 is 11.8 Å². The van der Waals surface area contributed by atoms with Crippen LogP contribution in [-0.2, 0) is 0 Å². The van der Waals surface area contributed by atoms with Gasteiger partial charge in [0.05, 0.1) is 18.1 Å². The van der Waals surface area contributed by atoms with Crippen LogP contribution in [0.2, 0.25) is 0 Å². The van der Waals surface area contributed by atoms with Gasteiger partial charge in [0.15, 0.2) is 10.3 Å². The molecule has 1 aliphatic carbocycles. The van der Waals surface area contributed by atoms with Crippen LogP contribution in [0.3, 0.4) is 0 Å². The van der Waals surface area contributed by atoms with E-state index >= 15 is 0 Å². The summed E-state index contributed by atoms with van der Waals surface area (Å²) in [7, 11) is 0. The van der Waals surface area contributed by atoms with Crippen molar-refractivity contribution in [2.24, 2.45) is 0 Å². The number of aromatic nitrogens is 5. The second-order valence-corrected chi connectivity index (χ2v) is 4.75. The Morgan fingerprint density at radius 1 is 1.41 bits per heavy atom. The molecule has 1 saturated carbocycles. The SMILES string of the molecule is Nc1cnc(Sc2n[nH]c(=O)n2C2CC2)nc1. The molecule has 0 bridgehead atoms. The minimum Gasteiger partial charge on any atom is -0.396 e. The van der Waals surface area contributed by atoms with Crippen molar-refractivity contribution in [3.8, 4) is 0 Å². The summed E-state index contributed by atoms with van der Waals surface area (Å²) in [5.41, 5.74) is 5.84. The van der Waals surface area contributed by atoms with Gasteiger partial charge in [-0.2, -0.15) is 0 Å². The minimum absolute atomic E-state index is 0.176. The Morgan fingerprint density at radius 3 is 2.76 bits per heavy atom. The third-order valence-electron chi connectivity index (χ3n) is 2.41. The number of hydrogen-bond donors (Lipinski definition) is 2. The van der Waals surface area contributed by atoms with Crippen molar-refractivity contribution in [3.63, 3.8) is 0 Å². The van der Waals surface area contributed by atoms with Gasteiger partial charge in [-0.3, -0.25) is 4.57 Å². The molecule has 1 fully saturated rings. The van der Waals surface area contributed by atoms with Crippen molar-refractivity contribution in [2.45, 2.75) is 29.2 Å². The largest absolute Gasteiger partial charge is 0.396 e. The van der Waals surface area contributed by atoms with Crippen LogP contribution in [0.5, 0.6) is 0 Å². The van der Waals surface area contributed by atoms with E-state index in [1.54, 1.807) is 4.57 Å². The molecule has 3 N–H and O–H groups in total. The zero-order valence-corrected chi connectivity index (χ0v) is 9.65. The molecule has 0 saturated heterocycles. The fraction of sp³-hybridized carbons (Fsp3) is 0.333. The number of nitrogens with zero attached hydrogens (tertiary/aromatic N) is 4. The van der Waals surface area contributed by atoms with Gasteiger partial charge >= 0.3 is 5.69 Å². The van der Waals surface area contributed by atoms with E-state index in [4.69, 9.17) is 5.73 Å². The summed E-state index contributed by atoms with van der Waals surface area (Å²) < 4.78 is 1.66. The van der Waals surface area contributed by atoms with Crippen LogP contribution in [0.1, 0.15) is 18.9 Å². The molecule has 0 radical (unpaired) electrons. The van der Waals surface area contributed by atoms with Gasteiger partial charge < -0.3 is 5.73 Å². The molecular formula is C9H10N6OS. The monoisotopic (exact) mass is 250 g/mol. The molecule has 88 valence electrons. The molecule has 0 unspecified atom stereocenters. The van der Waals surface area contributed by atoms with Gasteiger partial charge in [0.1, 0.15) is 0 Å². The van der Waals surface area contributed by atoms with Crippen LogP contribution < -0.4 is 11.4 Å². The lowest BCUT2D eigenvalue weighted by atomic mass is 10.6. The molecule has 0 atom stereocenters. The third-order valence-corrected chi connectivity index (χ3v) is 3.28. The minimum atomic E-state index is -0.176. The highest BCUT2D eigenvalue weighted by Gasteiger charge is 2.28. The summed E-state index contributed by atoms with van der Waals surface area (Å²) in [6, 6.07) is 0.275. The highest BCUT2D eigenvalue weighted by molar-refractivity contribution is 7.99. The molecule has 0 amide bonds. The number of H-pyrrole nitrogens is 1. The Hall–Kier alpha value is -1.83. The second-order valence-electron chi connectivity index (χ2n) is 3.81. The maximum atomic E-state index is 11.5. The van der Waals surface area contributed by atoms with Crippen molar-refractivity contribution in [2.75, 3.05) is 5.73 Å². The number of hydrogen-bond acceptors (Lipinski definition) is 6. The predicted octanol–water partition coefficient (Wildman–Crippen LogP) is 0.430. The Labute approximate surface area is 100 Å². The highest BCUT2D eigenvalue weighted by atomic mass is 32.2. The molecular weight excluding hydrogens is 240 g/mol. The van der Waals surface area contributed by atoms with Gasteiger partial charge in [0, 0.05) is 6.04 Å². The maximum absolute atomic E-state index is 11.5. The lowest BCUT2D eigenvalue weighted by molar-refractivity contribution is 0.641. The Kier molecular flexibility index (Phi) is 2.36. The predicted molar refractivity (Wildman–Crippen MR) is 61.7 cm³/mol. The van der Waals surface area contributed by atoms with E-state index < -0.39 is 0 Å². The molecule has 0 aliphatic heterocycles. The highest BCUT2D eigenvalue weighted by Crippen LogP contribution is 2.36. The summed E-state index contributed by atoms with van der Waals surface area (Å²) in [6.45, 7) is 0. The Bertz CT molecular complexity index is 584. The van der Waals surface area contributed by atoms with Crippen molar-refractivity contribution < 1.29 is 0 Å². The van der Waals surface area contributed by atoms with Crippen molar-refractivity contribution >= 4 is 17.4 Å². The van der Waals surface area contributed by atoms with Crippen molar-refractivity contribution in [1.29, 1.82) is 0 Å². The standard InChI is InChI=1S/C9H10N6OS/c10-5-3-11-7(12-4-5)17-9-14-13-8(16)15(9)6-1-2-6/h3-4,6H,1-2,10H2,(H,13,16). The summed E-state index contributed by atoms with van der Waals surface area (Å²) in [5.74, 6) is 0. The second kappa shape index (κ2) is 3.88. The van der Waals surface area contributed by atoms with Gasteiger partial charge in [-0.05, 0) is 24.6 Å². The first-order valence-corrected chi connectivity index (χ1v) is 5.98. The summed E-state index contributed by atoms with van der Waals surface area (Å²) in [4.78, 5) is 19.7. The maximum Gasteiger partial charge on any atom is 0.344 e. The van der Waals surface area contributed by atoms with Gasteiger partial charge in [-0.15, -0.1) is 5.10 Å². The Morgan fingerprint density at radius 2 is 2.12 bits per heavy atom. The van der Waals surface area contributed by atoms with E-state index in [0.29, 0.717) is 16.0 Å². The van der Waals surface area contributed by atoms with Crippen LogP contribution in [0.25, 0.3) is 0 Å². The quantitative estimate of drug-likeness (QED) is 0.766. The number of rotatable bonds is 3. The molecule has 3 rings (SSSR count). The van der Waals surface area contributed by atoms with Crippen LogP contribution in [0, 0.1) is 0 Å². The number of nitrogens with two attached hydrogens (primary N) is 1. The van der Waals surface area contributed by atoms with Crippen LogP contribution in [-0.4, -0.2) is 24.7 Å². The fourth-order valence-corrected chi connectivity index (χ4v) is 2.27. The van der Waals surface area contributed by atoms with E-state index in [-0.39, 0.29) is 11.7 Å². The first kappa shape index (κ1) is 10.3. The van der Waals surface area contributed by atoms with Gasteiger partial charge in [-0.25, -0.2) is 19.9 Å². The van der Waals surface area contributed by atoms with E-state index in [0.717, 1.165) is 12.8 Å². The zero-order valence-electron chi connectivity index (χ0n) is 8.83. The van der Waals surface area contributed by atoms with Crippen molar-refractivity contribution in [3.05, 3.63) is 22.9 Å². The number of nitrogens with one attached hydrogen (secondary N) is 1. The van der Waals surface area contributed by atoms with Gasteiger partial charge in [-0.1, -0.05) is 0 Å². The number of aromatic amines is 1.